The van der Waals surface area contributed by atoms with Crippen LogP contribution >= 0.6 is 11.3 Å². The fourth-order valence-corrected chi connectivity index (χ4v) is 4.13. The number of amides is 1. The molecule has 118 valence electrons. The number of carbonyl (C=O) groups excluding carboxylic acids is 1. The van der Waals surface area contributed by atoms with Crippen molar-refractivity contribution >= 4 is 32.6 Å². The van der Waals surface area contributed by atoms with E-state index in [9.17, 15) is 4.79 Å². The molecule has 3 rings (SSSR count). The summed E-state index contributed by atoms with van der Waals surface area (Å²) in [4.78, 5) is 21.1. The highest BCUT2D eigenvalue weighted by Gasteiger charge is 2.28. The lowest BCUT2D eigenvalue weighted by atomic mass is 9.97. The number of hydrogen-bond donors (Lipinski definition) is 0. The van der Waals surface area contributed by atoms with Gasteiger partial charge in [-0.1, -0.05) is 17.4 Å². The quantitative estimate of drug-likeness (QED) is 0.853. The van der Waals surface area contributed by atoms with Gasteiger partial charge in [-0.25, -0.2) is 4.98 Å². The van der Waals surface area contributed by atoms with Gasteiger partial charge < -0.3 is 9.80 Å². The number of hydrogen-bond acceptors (Lipinski definition) is 4. The van der Waals surface area contributed by atoms with E-state index < -0.39 is 0 Å². The van der Waals surface area contributed by atoms with Crippen LogP contribution in [0.2, 0.25) is 0 Å². The van der Waals surface area contributed by atoms with Crippen molar-refractivity contribution in [2.24, 2.45) is 5.92 Å². The Hall–Kier alpha value is -1.62. The average Bonchev–Trinajstić information content (AvgIpc) is 2.95. The Morgan fingerprint density at radius 1 is 1.36 bits per heavy atom. The predicted molar refractivity (Wildman–Crippen MR) is 92.7 cm³/mol. The zero-order valence-corrected chi connectivity index (χ0v) is 14.5. The van der Waals surface area contributed by atoms with E-state index >= 15 is 0 Å². The maximum absolute atomic E-state index is 12.2. The Kier molecular flexibility index (Phi) is 4.08. The van der Waals surface area contributed by atoms with Gasteiger partial charge in [0.1, 0.15) is 0 Å². The molecule has 0 radical (unpaired) electrons. The summed E-state index contributed by atoms with van der Waals surface area (Å²) in [5.41, 5.74) is 3.66. The molecule has 2 heterocycles. The van der Waals surface area contributed by atoms with Gasteiger partial charge in [0.25, 0.3) is 0 Å². The molecule has 0 aliphatic carbocycles. The van der Waals surface area contributed by atoms with Crippen molar-refractivity contribution < 1.29 is 4.79 Å². The molecule has 1 unspecified atom stereocenters. The van der Waals surface area contributed by atoms with Gasteiger partial charge in [-0.05, 0) is 43.9 Å². The highest BCUT2D eigenvalue weighted by Crippen LogP contribution is 2.34. The molecule has 1 saturated heterocycles. The molecule has 0 spiro atoms. The Balaban J connectivity index is 1.87. The first-order valence-corrected chi connectivity index (χ1v) is 8.62. The lowest BCUT2D eigenvalue weighted by molar-refractivity contribution is -0.133. The number of nitrogens with zero attached hydrogens (tertiary/aromatic N) is 3. The molecule has 5 heteroatoms. The van der Waals surface area contributed by atoms with Crippen LogP contribution < -0.4 is 4.90 Å². The largest absolute Gasteiger partial charge is 0.349 e. The smallest absolute Gasteiger partial charge is 0.226 e. The lowest BCUT2D eigenvalue weighted by Crippen LogP contribution is -2.42. The molecule has 2 aromatic rings. The van der Waals surface area contributed by atoms with Gasteiger partial charge in [-0.3, -0.25) is 4.79 Å². The van der Waals surface area contributed by atoms with Crippen LogP contribution in [0.3, 0.4) is 0 Å². The summed E-state index contributed by atoms with van der Waals surface area (Å²) in [6, 6.07) is 4.32. The standard InChI is InChI=1S/C17H23N3OS/c1-11-7-8-14-15(12(11)2)18-17(22-14)20-9-5-6-13(10-20)16(21)19(3)4/h7-8,13H,5-6,9-10H2,1-4H3. The first kappa shape index (κ1) is 15.3. The van der Waals surface area contributed by atoms with Crippen molar-refractivity contribution in [3.8, 4) is 0 Å². The van der Waals surface area contributed by atoms with Crippen LogP contribution in [0.15, 0.2) is 12.1 Å². The Morgan fingerprint density at radius 2 is 2.14 bits per heavy atom. The van der Waals surface area contributed by atoms with Gasteiger partial charge >= 0.3 is 0 Å². The van der Waals surface area contributed by atoms with Crippen LogP contribution in [-0.2, 0) is 4.79 Å². The summed E-state index contributed by atoms with van der Waals surface area (Å²) in [6.07, 6.45) is 2.04. The summed E-state index contributed by atoms with van der Waals surface area (Å²) >= 11 is 1.74. The molecule has 1 atom stereocenters. The molecule has 1 amide bonds. The summed E-state index contributed by atoms with van der Waals surface area (Å²) < 4.78 is 1.24. The molecule has 1 fully saturated rings. The van der Waals surface area contributed by atoms with Crippen molar-refractivity contribution in [3.63, 3.8) is 0 Å². The fraction of sp³-hybridized carbons (Fsp3) is 0.529. The zero-order chi connectivity index (χ0) is 15.9. The number of carbonyl (C=O) groups is 1. The van der Waals surface area contributed by atoms with E-state index in [0.717, 1.165) is 36.6 Å². The Labute approximate surface area is 135 Å². The Morgan fingerprint density at radius 3 is 2.86 bits per heavy atom. The number of aryl methyl sites for hydroxylation is 2. The minimum atomic E-state index is 0.0959. The van der Waals surface area contributed by atoms with E-state index in [4.69, 9.17) is 4.98 Å². The van der Waals surface area contributed by atoms with Gasteiger partial charge in [0.2, 0.25) is 5.91 Å². The molecule has 0 saturated carbocycles. The maximum atomic E-state index is 12.2. The maximum Gasteiger partial charge on any atom is 0.226 e. The second-order valence-corrected chi connectivity index (χ2v) is 7.38. The fourth-order valence-electron chi connectivity index (χ4n) is 3.07. The molecule has 22 heavy (non-hydrogen) atoms. The summed E-state index contributed by atoms with van der Waals surface area (Å²) in [5.74, 6) is 0.330. The zero-order valence-electron chi connectivity index (χ0n) is 13.7. The topological polar surface area (TPSA) is 36.4 Å². The SMILES string of the molecule is Cc1ccc2sc(N3CCCC(C(=O)N(C)C)C3)nc2c1C. The number of anilines is 1. The molecule has 0 N–H and O–H groups in total. The number of fused-ring (bicyclic) bond motifs is 1. The van der Waals surface area contributed by atoms with Crippen LogP contribution in [0.5, 0.6) is 0 Å². The second kappa shape index (κ2) is 5.88. The van der Waals surface area contributed by atoms with Crippen molar-refractivity contribution in [1.29, 1.82) is 0 Å². The summed E-state index contributed by atoms with van der Waals surface area (Å²) in [6.45, 7) is 6.04. The minimum absolute atomic E-state index is 0.0959. The molecule has 1 aliphatic heterocycles. The molecular formula is C17H23N3OS. The van der Waals surface area contributed by atoms with Crippen LogP contribution in [0.25, 0.3) is 10.2 Å². The van der Waals surface area contributed by atoms with Crippen LogP contribution in [-0.4, -0.2) is 43.0 Å². The molecular weight excluding hydrogens is 294 g/mol. The van der Waals surface area contributed by atoms with E-state index in [1.54, 1.807) is 16.2 Å². The van der Waals surface area contributed by atoms with E-state index in [0.29, 0.717) is 0 Å². The first-order valence-electron chi connectivity index (χ1n) is 7.80. The van der Waals surface area contributed by atoms with Gasteiger partial charge in [0.15, 0.2) is 5.13 Å². The molecule has 4 nitrogen and oxygen atoms in total. The number of benzene rings is 1. The highest BCUT2D eigenvalue weighted by atomic mass is 32.1. The molecule has 1 aromatic carbocycles. The van der Waals surface area contributed by atoms with Gasteiger partial charge in [0, 0.05) is 27.2 Å². The Bertz CT molecular complexity index is 707. The lowest BCUT2D eigenvalue weighted by Gasteiger charge is -2.32. The van der Waals surface area contributed by atoms with Crippen molar-refractivity contribution in [1.82, 2.24) is 9.88 Å². The second-order valence-electron chi connectivity index (χ2n) is 6.37. The minimum Gasteiger partial charge on any atom is -0.349 e. The molecule has 1 aromatic heterocycles. The summed E-state index contributed by atoms with van der Waals surface area (Å²) in [7, 11) is 3.68. The van der Waals surface area contributed by atoms with Crippen molar-refractivity contribution in [3.05, 3.63) is 23.3 Å². The predicted octanol–water partition coefficient (Wildman–Crippen LogP) is 3.22. The van der Waals surface area contributed by atoms with Gasteiger partial charge in [0.05, 0.1) is 16.1 Å². The van der Waals surface area contributed by atoms with Crippen LogP contribution in [0.4, 0.5) is 5.13 Å². The van der Waals surface area contributed by atoms with Crippen LogP contribution in [0.1, 0.15) is 24.0 Å². The van der Waals surface area contributed by atoms with Crippen molar-refractivity contribution in [2.75, 3.05) is 32.1 Å². The normalized spacial score (nSPS) is 18.7. The third kappa shape index (κ3) is 2.70. The number of rotatable bonds is 2. The third-order valence-corrected chi connectivity index (χ3v) is 5.64. The number of aromatic nitrogens is 1. The summed E-state index contributed by atoms with van der Waals surface area (Å²) in [5, 5.41) is 1.06. The number of piperidine rings is 1. The monoisotopic (exact) mass is 317 g/mol. The third-order valence-electron chi connectivity index (χ3n) is 4.56. The molecule has 1 aliphatic rings. The average molecular weight is 317 g/mol. The molecule has 0 bridgehead atoms. The van der Waals surface area contributed by atoms with E-state index in [1.807, 2.05) is 14.1 Å². The van der Waals surface area contributed by atoms with Gasteiger partial charge in [-0.15, -0.1) is 0 Å². The van der Waals surface area contributed by atoms with Crippen molar-refractivity contribution in [2.45, 2.75) is 26.7 Å². The van der Waals surface area contributed by atoms with E-state index in [1.165, 1.54) is 15.8 Å². The van der Waals surface area contributed by atoms with E-state index in [-0.39, 0.29) is 11.8 Å². The van der Waals surface area contributed by atoms with Crippen LogP contribution in [0, 0.1) is 19.8 Å². The van der Waals surface area contributed by atoms with E-state index in [2.05, 4.69) is 30.9 Å². The van der Waals surface area contributed by atoms with Gasteiger partial charge in [-0.2, -0.15) is 0 Å². The highest BCUT2D eigenvalue weighted by molar-refractivity contribution is 7.22. The number of thiazole rings is 1. The first-order chi connectivity index (χ1) is 10.5.